The number of carbonyl (C=O) groups is 1. The van der Waals surface area contributed by atoms with Gasteiger partial charge < -0.3 is 10.1 Å². The number of thiazole rings is 1. The monoisotopic (exact) mass is 422 g/mol. The van der Waals surface area contributed by atoms with Crippen LogP contribution in [0.15, 0.2) is 42.5 Å². The first-order valence-corrected chi connectivity index (χ1v) is 9.51. The van der Waals surface area contributed by atoms with Gasteiger partial charge in [-0.2, -0.15) is 0 Å². The molecule has 1 aromatic heterocycles. The second-order valence-electron chi connectivity index (χ2n) is 5.39. The van der Waals surface area contributed by atoms with Gasteiger partial charge in [-0.3, -0.25) is 4.79 Å². The molecule has 1 amide bonds. The molecule has 3 aromatic rings. The average Bonchev–Trinajstić information content (AvgIpc) is 3.01. The first-order chi connectivity index (χ1) is 12.1. The number of aromatic nitrogens is 1. The largest absolute Gasteiger partial charge is 0.489 e. The van der Waals surface area contributed by atoms with Crippen LogP contribution in [0.1, 0.15) is 18.9 Å². The maximum Gasteiger partial charge on any atom is 0.239 e. The van der Waals surface area contributed by atoms with Crippen molar-refractivity contribution in [2.24, 2.45) is 0 Å². The van der Waals surface area contributed by atoms with Gasteiger partial charge in [0.25, 0.3) is 0 Å². The maximum atomic E-state index is 13.6. The normalized spacial score (nSPS) is 12.1. The summed E-state index contributed by atoms with van der Waals surface area (Å²) in [5.74, 6) is 0.230. The Morgan fingerprint density at radius 2 is 2.16 bits per heavy atom. The minimum atomic E-state index is -0.286. The lowest BCUT2D eigenvalue weighted by Crippen LogP contribution is -2.21. The molecule has 0 aliphatic rings. The van der Waals surface area contributed by atoms with Crippen LogP contribution in [0.3, 0.4) is 0 Å². The van der Waals surface area contributed by atoms with Crippen LogP contribution in [0, 0.1) is 5.82 Å². The molecule has 0 saturated heterocycles. The van der Waals surface area contributed by atoms with E-state index in [1.807, 2.05) is 19.1 Å². The minimum absolute atomic E-state index is 0.113. The number of hydrogen-bond donors (Lipinski definition) is 1. The summed E-state index contributed by atoms with van der Waals surface area (Å²) in [6.45, 7) is 2.08. The Morgan fingerprint density at radius 1 is 1.36 bits per heavy atom. The molecule has 0 unspecified atom stereocenters. The molecule has 25 heavy (non-hydrogen) atoms. The second-order valence-corrected chi connectivity index (χ2v) is 7.53. The van der Waals surface area contributed by atoms with Crippen LogP contribution in [0.4, 0.5) is 9.52 Å². The lowest BCUT2D eigenvalue weighted by Gasteiger charge is -2.06. The van der Waals surface area contributed by atoms with Crippen LogP contribution in [0.25, 0.3) is 10.2 Å². The van der Waals surface area contributed by atoms with E-state index in [1.165, 1.54) is 17.4 Å². The van der Waals surface area contributed by atoms with Crippen molar-refractivity contribution < 1.29 is 13.9 Å². The third-order valence-electron chi connectivity index (χ3n) is 3.59. The van der Waals surface area contributed by atoms with Crippen LogP contribution in [0.5, 0.6) is 5.75 Å². The van der Waals surface area contributed by atoms with Gasteiger partial charge >= 0.3 is 0 Å². The van der Waals surface area contributed by atoms with E-state index in [4.69, 9.17) is 4.74 Å². The predicted octanol–water partition coefficient (Wildman–Crippen LogP) is 5.13. The Balaban J connectivity index is 1.72. The molecule has 4 nitrogen and oxygen atoms in total. The van der Waals surface area contributed by atoms with Crippen LogP contribution >= 0.6 is 27.3 Å². The molecular formula is C18H16BrFN2O2S. The molecule has 3 rings (SSSR count). The lowest BCUT2D eigenvalue weighted by molar-refractivity contribution is -0.115. The van der Waals surface area contributed by atoms with E-state index in [0.29, 0.717) is 22.9 Å². The number of carbonyl (C=O) groups excluding carboxylic acids is 1. The lowest BCUT2D eigenvalue weighted by atomic mass is 10.2. The van der Waals surface area contributed by atoms with Crippen molar-refractivity contribution in [2.75, 3.05) is 5.32 Å². The third kappa shape index (κ3) is 4.35. The Kier molecular flexibility index (Phi) is 5.65. The van der Waals surface area contributed by atoms with Gasteiger partial charge in [0.05, 0.1) is 15.0 Å². The number of ether oxygens (including phenoxy) is 1. The summed E-state index contributed by atoms with van der Waals surface area (Å²) >= 11 is 4.69. The molecule has 0 radical (unpaired) electrons. The number of fused-ring (bicyclic) bond motifs is 1. The van der Waals surface area contributed by atoms with Crippen molar-refractivity contribution in [3.63, 3.8) is 0 Å². The van der Waals surface area contributed by atoms with Crippen molar-refractivity contribution in [1.29, 1.82) is 0 Å². The Bertz CT molecular complexity index is 900. The second kappa shape index (κ2) is 7.93. The zero-order chi connectivity index (χ0) is 17.8. The molecule has 1 heterocycles. The number of alkyl halides is 1. The Morgan fingerprint density at radius 3 is 2.92 bits per heavy atom. The van der Waals surface area contributed by atoms with E-state index >= 15 is 0 Å². The summed E-state index contributed by atoms with van der Waals surface area (Å²) in [6, 6.07) is 12.0. The van der Waals surface area contributed by atoms with Gasteiger partial charge in [0.1, 0.15) is 18.2 Å². The van der Waals surface area contributed by atoms with Gasteiger partial charge in [0, 0.05) is 5.56 Å². The van der Waals surface area contributed by atoms with E-state index in [0.717, 1.165) is 10.2 Å². The maximum absolute atomic E-state index is 13.6. The molecule has 7 heteroatoms. The standard InChI is InChI=1S/C18H16BrFN2O2S/c1-2-13(19)17(23)22-18-21-15-8-7-12(9-16(15)25-18)24-10-11-5-3-4-6-14(11)20/h3-9,13H,2,10H2,1H3,(H,21,22,23)/t13-/m0/s1. The third-order valence-corrected chi connectivity index (χ3v) is 5.58. The summed E-state index contributed by atoms with van der Waals surface area (Å²) in [5, 5.41) is 3.34. The molecule has 0 spiro atoms. The van der Waals surface area contributed by atoms with Crippen molar-refractivity contribution in [3.05, 3.63) is 53.8 Å². The molecule has 0 bridgehead atoms. The van der Waals surface area contributed by atoms with Crippen molar-refractivity contribution in [1.82, 2.24) is 4.98 Å². The van der Waals surface area contributed by atoms with E-state index in [9.17, 15) is 9.18 Å². The van der Waals surface area contributed by atoms with E-state index in [2.05, 4.69) is 26.2 Å². The van der Waals surface area contributed by atoms with Crippen molar-refractivity contribution in [3.8, 4) is 5.75 Å². The van der Waals surface area contributed by atoms with E-state index < -0.39 is 0 Å². The molecule has 0 aliphatic carbocycles. The molecule has 130 valence electrons. The molecule has 0 fully saturated rings. The summed E-state index contributed by atoms with van der Waals surface area (Å²) < 4.78 is 20.2. The number of nitrogens with one attached hydrogen (secondary N) is 1. The fourth-order valence-corrected chi connectivity index (χ4v) is 3.21. The topological polar surface area (TPSA) is 51.2 Å². The first-order valence-electron chi connectivity index (χ1n) is 7.78. The molecular weight excluding hydrogens is 407 g/mol. The van der Waals surface area contributed by atoms with Gasteiger partial charge in [-0.1, -0.05) is 52.4 Å². The SMILES string of the molecule is CC[C@H](Br)C(=O)Nc1nc2ccc(OCc3ccccc3F)cc2s1. The van der Waals surface area contributed by atoms with Crippen LogP contribution in [0.2, 0.25) is 0 Å². The zero-order valence-electron chi connectivity index (χ0n) is 13.5. The molecule has 1 N–H and O–H groups in total. The molecule has 2 aromatic carbocycles. The average molecular weight is 423 g/mol. The number of benzene rings is 2. The fourth-order valence-electron chi connectivity index (χ4n) is 2.19. The predicted molar refractivity (Wildman–Crippen MR) is 102 cm³/mol. The minimum Gasteiger partial charge on any atom is -0.489 e. The number of halogens is 2. The van der Waals surface area contributed by atoms with Gasteiger partial charge in [-0.25, -0.2) is 9.37 Å². The van der Waals surface area contributed by atoms with Gasteiger partial charge in [-0.15, -0.1) is 0 Å². The van der Waals surface area contributed by atoms with Gasteiger partial charge in [0.15, 0.2) is 5.13 Å². The number of amides is 1. The van der Waals surface area contributed by atoms with E-state index in [-0.39, 0.29) is 23.2 Å². The molecule has 1 atom stereocenters. The van der Waals surface area contributed by atoms with Gasteiger partial charge in [-0.05, 0) is 30.7 Å². The number of anilines is 1. The first kappa shape index (κ1) is 17.8. The van der Waals surface area contributed by atoms with E-state index in [1.54, 1.807) is 24.3 Å². The van der Waals surface area contributed by atoms with Crippen molar-refractivity contribution >= 4 is 48.5 Å². The van der Waals surface area contributed by atoms with Crippen LogP contribution < -0.4 is 10.1 Å². The van der Waals surface area contributed by atoms with Crippen LogP contribution in [-0.2, 0) is 11.4 Å². The smallest absolute Gasteiger partial charge is 0.239 e. The van der Waals surface area contributed by atoms with Crippen LogP contribution in [-0.4, -0.2) is 15.7 Å². The Hall–Kier alpha value is -1.99. The number of rotatable bonds is 6. The van der Waals surface area contributed by atoms with Gasteiger partial charge in [0.2, 0.25) is 5.91 Å². The molecule has 0 aliphatic heterocycles. The highest BCUT2D eigenvalue weighted by molar-refractivity contribution is 9.10. The summed E-state index contributed by atoms with van der Waals surface area (Å²) in [5.41, 5.74) is 1.28. The molecule has 0 saturated carbocycles. The highest BCUT2D eigenvalue weighted by Gasteiger charge is 2.15. The number of nitrogens with zero attached hydrogens (tertiary/aromatic N) is 1. The Labute approximate surface area is 157 Å². The highest BCUT2D eigenvalue weighted by Crippen LogP contribution is 2.30. The highest BCUT2D eigenvalue weighted by atomic mass is 79.9. The zero-order valence-corrected chi connectivity index (χ0v) is 15.9. The summed E-state index contributed by atoms with van der Waals surface area (Å²) in [6.07, 6.45) is 0.699. The summed E-state index contributed by atoms with van der Waals surface area (Å²) in [4.78, 5) is 16.1. The quantitative estimate of drug-likeness (QED) is 0.560. The fraction of sp³-hybridized carbons (Fsp3) is 0.222. The summed E-state index contributed by atoms with van der Waals surface area (Å²) in [7, 11) is 0. The van der Waals surface area contributed by atoms with Crippen molar-refractivity contribution in [2.45, 2.75) is 24.8 Å². The number of hydrogen-bond acceptors (Lipinski definition) is 4.